The first-order valence-corrected chi connectivity index (χ1v) is 26.7. The molecule has 2 amide bonds. The van der Waals surface area contributed by atoms with Crippen molar-refractivity contribution in [2.45, 2.75) is 145 Å². The fourth-order valence-electron chi connectivity index (χ4n) is 9.13. The van der Waals surface area contributed by atoms with Gasteiger partial charge < -0.3 is 29.6 Å². The summed E-state index contributed by atoms with van der Waals surface area (Å²) in [6.07, 6.45) is -8.05. The zero-order chi connectivity index (χ0) is 49.5. The number of ether oxygens (including phenoxy) is 4. The maximum absolute atomic E-state index is 13.7. The van der Waals surface area contributed by atoms with E-state index >= 15 is 0 Å². The number of alkyl halides is 6. The van der Waals surface area contributed by atoms with E-state index in [0.717, 1.165) is 24.3 Å². The third-order valence-corrected chi connectivity index (χ3v) is 18.8. The van der Waals surface area contributed by atoms with Crippen molar-refractivity contribution in [2.75, 3.05) is 26.4 Å². The SMILES string of the molecule is N#CC1(NC(=O)[C@@H]2C[C@@H](S(=O)(=O)c3ccc(Br)cc3C(F)(F)F)C[C@H]2OC2CCOCC2)CC1.N#CC1(NC(=O)[C@H]2C[C@H](S(=O)(=O)c3ccc(Br)cc3C(F)(F)F)C[C@@H]2OC2CCOCC2)CC1. The van der Waals surface area contributed by atoms with Crippen molar-refractivity contribution in [3.8, 4) is 12.1 Å². The second-order valence-electron chi connectivity index (χ2n) is 18.1. The number of sulfone groups is 2. The summed E-state index contributed by atoms with van der Waals surface area (Å²) in [5, 5.41) is 21.6. The zero-order valence-electron chi connectivity index (χ0n) is 36.2. The zero-order valence-corrected chi connectivity index (χ0v) is 41.0. The number of nitriles is 2. The van der Waals surface area contributed by atoms with E-state index in [4.69, 9.17) is 18.9 Å². The van der Waals surface area contributed by atoms with E-state index in [1.807, 2.05) is 0 Å². The minimum absolute atomic E-state index is 0.106. The number of hydrogen-bond acceptors (Lipinski definition) is 12. The Morgan fingerprint density at radius 3 is 1.25 bits per heavy atom. The number of amides is 2. The topological polar surface area (TPSA) is 211 Å². The van der Waals surface area contributed by atoms with Crippen LogP contribution in [0.1, 0.15) is 88.2 Å². The summed E-state index contributed by atoms with van der Waals surface area (Å²) >= 11 is 5.94. The highest BCUT2D eigenvalue weighted by molar-refractivity contribution is 9.10. The molecule has 24 heteroatoms. The monoisotopic (exact) mass is 1130 g/mol. The normalized spacial score (nSPS) is 27.2. The van der Waals surface area contributed by atoms with Gasteiger partial charge >= 0.3 is 12.4 Å². The molecule has 2 saturated heterocycles. The van der Waals surface area contributed by atoms with Gasteiger partial charge in [-0.15, -0.1) is 0 Å². The summed E-state index contributed by atoms with van der Waals surface area (Å²) in [5.41, 5.74) is -4.41. The van der Waals surface area contributed by atoms with Gasteiger partial charge in [0.05, 0.1) is 79.8 Å². The summed E-state index contributed by atoms with van der Waals surface area (Å²) in [6.45, 7) is 1.89. The van der Waals surface area contributed by atoms with Gasteiger partial charge in [-0.25, -0.2) is 16.8 Å². The fourth-order valence-corrected chi connectivity index (χ4v) is 13.9. The van der Waals surface area contributed by atoms with Gasteiger partial charge in [0, 0.05) is 35.4 Å². The van der Waals surface area contributed by atoms with Crippen molar-refractivity contribution >= 4 is 63.3 Å². The van der Waals surface area contributed by atoms with Crippen LogP contribution >= 0.6 is 31.9 Å². The number of benzene rings is 2. The molecule has 0 radical (unpaired) electrons. The lowest BCUT2D eigenvalue weighted by atomic mass is 10.0. The minimum Gasteiger partial charge on any atom is -0.381 e. The number of nitrogens with zero attached hydrogens (tertiary/aromatic N) is 2. The van der Waals surface area contributed by atoms with Crippen molar-refractivity contribution in [1.82, 2.24) is 10.6 Å². The second-order valence-corrected chi connectivity index (χ2v) is 24.3. The van der Waals surface area contributed by atoms with E-state index in [9.17, 15) is 63.3 Å². The molecule has 68 heavy (non-hydrogen) atoms. The highest BCUT2D eigenvalue weighted by Crippen LogP contribution is 2.45. The average Bonchev–Trinajstić information content (AvgIpc) is 4.15. The molecule has 4 saturated carbocycles. The lowest BCUT2D eigenvalue weighted by molar-refractivity contribution is -0.140. The lowest BCUT2D eigenvalue weighted by Gasteiger charge is -2.28. The van der Waals surface area contributed by atoms with Crippen molar-refractivity contribution in [2.24, 2.45) is 11.8 Å². The number of rotatable bonds is 12. The van der Waals surface area contributed by atoms with E-state index in [-0.39, 0.29) is 46.8 Å². The molecule has 14 nitrogen and oxygen atoms in total. The first-order chi connectivity index (χ1) is 31.9. The first-order valence-electron chi connectivity index (χ1n) is 22.0. The summed E-state index contributed by atoms with van der Waals surface area (Å²) in [7, 11) is -8.87. The predicted octanol–water partition coefficient (Wildman–Crippen LogP) is 7.51. The van der Waals surface area contributed by atoms with Crippen LogP contribution in [0.15, 0.2) is 55.1 Å². The first kappa shape index (κ1) is 52.5. The second kappa shape index (κ2) is 20.4. The smallest absolute Gasteiger partial charge is 0.381 e. The Balaban J connectivity index is 0.000000201. The molecule has 0 unspecified atom stereocenters. The summed E-state index contributed by atoms with van der Waals surface area (Å²) < 4.78 is 159. The molecule has 8 rings (SSSR count). The molecule has 0 aromatic heterocycles. The van der Waals surface area contributed by atoms with Gasteiger partial charge in [0.2, 0.25) is 11.8 Å². The third-order valence-electron chi connectivity index (χ3n) is 13.3. The number of hydrogen-bond donors (Lipinski definition) is 2. The Labute approximate surface area is 406 Å². The molecule has 6 fully saturated rings. The van der Waals surface area contributed by atoms with Crippen LogP contribution in [-0.2, 0) is 60.6 Å². The highest BCUT2D eigenvalue weighted by Gasteiger charge is 2.54. The number of carbonyl (C=O) groups is 2. The number of halogens is 8. The molecule has 2 N–H and O–H groups in total. The number of carbonyl (C=O) groups excluding carboxylic acids is 2. The van der Waals surface area contributed by atoms with E-state index in [2.05, 4.69) is 54.6 Å². The van der Waals surface area contributed by atoms with E-state index in [1.165, 1.54) is 12.1 Å². The molecule has 0 bridgehead atoms. The van der Waals surface area contributed by atoms with Crippen LogP contribution in [0.2, 0.25) is 0 Å². The van der Waals surface area contributed by atoms with Crippen LogP contribution < -0.4 is 10.6 Å². The van der Waals surface area contributed by atoms with Gasteiger partial charge in [0.15, 0.2) is 19.7 Å². The van der Waals surface area contributed by atoms with Crippen LogP contribution in [0.4, 0.5) is 26.3 Å². The average molecular weight is 1130 g/mol. The summed E-state index contributed by atoms with van der Waals surface area (Å²) in [6, 6.07) is 10.00. The van der Waals surface area contributed by atoms with Crippen molar-refractivity contribution in [3.05, 3.63) is 56.5 Å². The largest absolute Gasteiger partial charge is 0.417 e. The maximum Gasteiger partial charge on any atom is 0.417 e. The van der Waals surface area contributed by atoms with Gasteiger partial charge in [0.1, 0.15) is 11.1 Å². The predicted molar refractivity (Wildman–Crippen MR) is 235 cm³/mol. The van der Waals surface area contributed by atoms with Crippen LogP contribution in [-0.4, -0.2) is 101 Å². The molecule has 2 aromatic carbocycles. The Bertz CT molecular complexity index is 2360. The van der Waals surface area contributed by atoms with E-state index < -0.39 is 110 Å². The minimum atomic E-state index is -4.87. The van der Waals surface area contributed by atoms with E-state index in [0.29, 0.717) is 77.8 Å². The summed E-state index contributed by atoms with van der Waals surface area (Å²) in [5.74, 6) is -2.78. The Kier molecular flexibility index (Phi) is 15.7. The third kappa shape index (κ3) is 12.0. The molecule has 0 spiro atoms. The molecule has 6 aliphatic rings. The molecule has 372 valence electrons. The number of nitrogens with one attached hydrogen (secondary N) is 2. The van der Waals surface area contributed by atoms with Crippen LogP contribution in [0.5, 0.6) is 0 Å². The quantitative estimate of drug-likeness (QED) is 0.198. The Morgan fingerprint density at radius 2 is 0.956 bits per heavy atom. The standard InChI is InChI=1S/2C22H24BrF3N2O5S/c2*23-13-1-2-19(17(9-13)22(24,25)26)34(30,31)15-10-16(20(29)28-21(12-27)5-6-21)18(11-15)33-14-3-7-32-8-4-14/h2*1-2,9,14-16,18H,3-8,10-11H2,(H,28,29)/t2*15-,16-,18-/m10/s1. The lowest BCUT2D eigenvalue weighted by Crippen LogP contribution is -2.43. The molecule has 2 heterocycles. The van der Waals surface area contributed by atoms with Gasteiger partial charge in [-0.05, 0) is 113 Å². The molecule has 6 atom stereocenters. The Morgan fingerprint density at radius 1 is 0.618 bits per heavy atom. The van der Waals surface area contributed by atoms with Crippen molar-refractivity contribution < 1.29 is 71.7 Å². The molecule has 4 aliphatic carbocycles. The van der Waals surface area contributed by atoms with Gasteiger partial charge in [-0.1, -0.05) is 31.9 Å². The van der Waals surface area contributed by atoms with Crippen LogP contribution in [0.3, 0.4) is 0 Å². The summed E-state index contributed by atoms with van der Waals surface area (Å²) in [4.78, 5) is 24.5. The molecule has 2 aliphatic heterocycles. The molecule has 2 aromatic rings. The van der Waals surface area contributed by atoms with E-state index in [1.54, 1.807) is 0 Å². The highest BCUT2D eigenvalue weighted by atomic mass is 79.9. The van der Waals surface area contributed by atoms with Crippen LogP contribution in [0, 0.1) is 34.5 Å². The molecular weight excluding hydrogens is 1080 g/mol. The molecular formula is C44H48Br2F6N4O10S2. The Hall–Kier alpha value is -3.36. The fraction of sp³-hybridized carbons (Fsp3) is 0.636. The van der Waals surface area contributed by atoms with Gasteiger partial charge in [-0.2, -0.15) is 36.9 Å². The van der Waals surface area contributed by atoms with Crippen molar-refractivity contribution in [3.63, 3.8) is 0 Å². The van der Waals surface area contributed by atoms with Gasteiger partial charge in [-0.3, -0.25) is 9.59 Å². The van der Waals surface area contributed by atoms with Gasteiger partial charge in [0.25, 0.3) is 0 Å². The van der Waals surface area contributed by atoms with Crippen LogP contribution in [0.25, 0.3) is 0 Å². The maximum atomic E-state index is 13.7. The van der Waals surface area contributed by atoms with Crippen molar-refractivity contribution in [1.29, 1.82) is 10.5 Å².